The van der Waals surface area contributed by atoms with Crippen LogP contribution in [0.3, 0.4) is 0 Å². The summed E-state index contributed by atoms with van der Waals surface area (Å²) in [7, 11) is 0. The van der Waals surface area contributed by atoms with Crippen LogP contribution in [0.4, 0.5) is 4.39 Å². The Labute approximate surface area is 167 Å². The molecule has 1 heterocycles. The standard InChI is InChI=1S/C21H19ClFNO4/c1-3-8-27-19-16(22)9-13(11-18(19)26-4-2)10-17-21(25)28-20(24-17)14-6-5-7-15(23)12-14/h5-7,9-12H,3-4,8H2,1-2H3. The first-order valence-electron chi connectivity index (χ1n) is 8.89. The van der Waals surface area contributed by atoms with Crippen molar-refractivity contribution in [1.82, 2.24) is 0 Å². The molecule has 2 aromatic carbocycles. The molecule has 1 aliphatic heterocycles. The molecule has 0 aromatic heterocycles. The van der Waals surface area contributed by atoms with E-state index in [0.717, 1.165) is 6.42 Å². The fraction of sp³-hybridized carbons (Fsp3) is 0.238. The van der Waals surface area contributed by atoms with Crippen molar-refractivity contribution in [1.29, 1.82) is 0 Å². The van der Waals surface area contributed by atoms with Crippen molar-refractivity contribution in [2.24, 2.45) is 4.99 Å². The van der Waals surface area contributed by atoms with Gasteiger partial charge in [0.1, 0.15) is 5.82 Å². The smallest absolute Gasteiger partial charge is 0.363 e. The van der Waals surface area contributed by atoms with E-state index in [1.165, 1.54) is 24.3 Å². The lowest BCUT2D eigenvalue weighted by Crippen LogP contribution is -2.05. The van der Waals surface area contributed by atoms with Gasteiger partial charge >= 0.3 is 5.97 Å². The number of rotatable bonds is 7. The zero-order valence-corrected chi connectivity index (χ0v) is 16.3. The number of nitrogens with zero attached hydrogens (tertiary/aromatic N) is 1. The van der Waals surface area contributed by atoms with Crippen LogP contribution in [-0.2, 0) is 9.53 Å². The molecule has 0 aliphatic carbocycles. The van der Waals surface area contributed by atoms with Crippen molar-refractivity contribution in [2.75, 3.05) is 13.2 Å². The van der Waals surface area contributed by atoms with E-state index in [1.807, 2.05) is 13.8 Å². The van der Waals surface area contributed by atoms with Crippen LogP contribution < -0.4 is 9.47 Å². The second-order valence-electron chi connectivity index (χ2n) is 5.96. The number of ether oxygens (including phenoxy) is 3. The summed E-state index contributed by atoms with van der Waals surface area (Å²) in [6, 6.07) is 9.06. The number of carbonyl (C=O) groups excluding carboxylic acids is 1. The molecule has 1 aliphatic rings. The van der Waals surface area contributed by atoms with Crippen molar-refractivity contribution in [2.45, 2.75) is 20.3 Å². The van der Waals surface area contributed by atoms with E-state index in [4.69, 9.17) is 25.8 Å². The van der Waals surface area contributed by atoms with Crippen molar-refractivity contribution >= 4 is 29.5 Å². The van der Waals surface area contributed by atoms with E-state index >= 15 is 0 Å². The van der Waals surface area contributed by atoms with Crippen LogP contribution in [-0.4, -0.2) is 25.1 Å². The van der Waals surface area contributed by atoms with Gasteiger partial charge in [-0.3, -0.25) is 0 Å². The first-order valence-corrected chi connectivity index (χ1v) is 9.27. The van der Waals surface area contributed by atoms with Crippen LogP contribution >= 0.6 is 11.6 Å². The van der Waals surface area contributed by atoms with Crippen LogP contribution in [0.2, 0.25) is 5.02 Å². The zero-order valence-electron chi connectivity index (χ0n) is 15.5. The van der Waals surface area contributed by atoms with E-state index in [1.54, 1.807) is 18.2 Å². The molecule has 3 rings (SSSR count). The normalized spacial score (nSPS) is 14.8. The van der Waals surface area contributed by atoms with Gasteiger partial charge in [-0.1, -0.05) is 24.6 Å². The summed E-state index contributed by atoms with van der Waals surface area (Å²) in [6.45, 7) is 4.79. The van der Waals surface area contributed by atoms with Gasteiger partial charge in [0.05, 0.1) is 18.2 Å². The number of carbonyl (C=O) groups is 1. The molecule has 0 saturated carbocycles. The molecule has 0 spiro atoms. The summed E-state index contributed by atoms with van der Waals surface area (Å²) < 4.78 is 29.8. The minimum Gasteiger partial charge on any atom is -0.490 e. The first-order chi connectivity index (χ1) is 13.5. The van der Waals surface area contributed by atoms with Gasteiger partial charge in [0, 0.05) is 5.56 Å². The Morgan fingerprint density at radius 1 is 1.21 bits per heavy atom. The van der Waals surface area contributed by atoms with E-state index in [2.05, 4.69) is 4.99 Å². The summed E-state index contributed by atoms with van der Waals surface area (Å²) in [6.07, 6.45) is 2.36. The molecule has 0 atom stereocenters. The van der Waals surface area contributed by atoms with Crippen LogP contribution in [0.1, 0.15) is 31.4 Å². The summed E-state index contributed by atoms with van der Waals surface area (Å²) in [5.74, 6) is -0.0691. The monoisotopic (exact) mass is 403 g/mol. The van der Waals surface area contributed by atoms with Gasteiger partial charge in [-0.25, -0.2) is 14.2 Å². The lowest BCUT2D eigenvalue weighted by molar-refractivity contribution is -0.129. The molecule has 2 aromatic rings. The highest BCUT2D eigenvalue weighted by molar-refractivity contribution is 6.32. The number of cyclic esters (lactones) is 1. The maximum Gasteiger partial charge on any atom is 0.363 e. The maximum atomic E-state index is 13.4. The Balaban J connectivity index is 1.94. The molecular formula is C21H19ClFNO4. The molecule has 0 N–H and O–H groups in total. The highest BCUT2D eigenvalue weighted by Crippen LogP contribution is 2.37. The summed E-state index contributed by atoms with van der Waals surface area (Å²) in [5.41, 5.74) is 1.07. The lowest BCUT2D eigenvalue weighted by Gasteiger charge is -2.14. The number of halogens is 2. The molecule has 146 valence electrons. The van der Waals surface area contributed by atoms with Crippen molar-refractivity contribution in [3.8, 4) is 11.5 Å². The average molecular weight is 404 g/mol. The summed E-state index contributed by atoms with van der Waals surface area (Å²) in [5, 5.41) is 0.368. The summed E-state index contributed by atoms with van der Waals surface area (Å²) >= 11 is 6.34. The average Bonchev–Trinajstić information content (AvgIpc) is 3.02. The Morgan fingerprint density at radius 3 is 2.75 bits per heavy atom. The van der Waals surface area contributed by atoms with E-state index < -0.39 is 11.8 Å². The second-order valence-corrected chi connectivity index (χ2v) is 6.37. The van der Waals surface area contributed by atoms with Crippen molar-refractivity contribution < 1.29 is 23.4 Å². The molecule has 0 radical (unpaired) electrons. The Morgan fingerprint density at radius 2 is 2.04 bits per heavy atom. The minimum atomic E-state index is -0.625. The third kappa shape index (κ3) is 4.51. The molecular weight excluding hydrogens is 385 g/mol. The molecule has 0 unspecified atom stereocenters. The minimum absolute atomic E-state index is 0.0507. The Bertz CT molecular complexity index is 955. The molecule has 5 nitrogen and oxygen atoms in total. The van der Waals surface area contributed by atoms with Gasteiger partial charge in [0.15, 0.2) is 17.2 Å². The number of aliphatic imine (C=N–C) groups is 1. The largest absolute Gasteiger partial charge is 0.490 e. The van der Waals surface area contributed by atoms with Gasteiger partial charge in [-0.15, -0.1) is 0 Å². The molecule has 0 bridgehead atoms. The molecule has 0 amide bonds. The predicted molar refractivity (Wildman–Crippen MR) is 105 cm³/mol. The predicted octanol–water partition coefficient (Wildman–Crippen LogP) is 5.01. The topological polar surface area (TPSA) is 57.1 Å². The van der Waals surface area contributed by atoms with Gasteiger partial charge in [0.25, 0.3) is 0 Å². The Kier molecular flexibility index (Phi) is 6.31. The third-order valence-corrected chi connectivity index (χ3v) is 4.06. The number of esters is 1. The number of hydrogen-bond acceptors (Lipinski definition) is 5. The highest BCUT2D eigenvalue weighted by atomic mass is 35.5. The molecule has 28 heavy (non-hydrogen) atoms. The van der Waals surface area contributed by atoms with Gasteiger partial charge in [-0.05, 0) is 55.3 Å². The SMILES string of the molecule is CCCOc1c(Cl)cc(C=C2N=C(c3cccc(F)c3)OC2=O)cc1OCC. The number of benzene rings is 2. The maximum absolute atomic E-state index is 13.4. The van der Waals surface area contributed by atoms with Crippen molar-refractivity contribution in [3.05, 3.63) is 64.1 Å². The molecule has 7 heteroatoms. The molecule has 0 saturated heterocycles. The fourth-order valence-corrected chi connectivity index (χ4v) is 2.86. The van der Waals surface area contributed by atoms with Crippen LogP contribution in [0, 0.1) is 5.82 Å². The van der Waals surface area contributed by atoms with Crippen molar-refractivity contribution in [3.63, 3.8) is 0 Å². The Hall–Kier alpha value is -2.86. The van der Waals surface area contributed by atoms with Crippen LogP contribution in [0.25, 0.3) is 6.08 Å². The van der Waals surface area contributed by atoms with Gasteiger partial charge < -0.3 is 14.2 Å². The van der Waals surface area contributed by atoms with E-state index in [0.29, 0.717) is 40.9 Å². The third-order valence-electron chi connectivity index (χ3n) is 3.78. The molecule has 0 fully saturated rings. The number of hydrogen-bond donors (Lipinski definition) is 0. The lowest BCUT2D eigenvalue weighted by atomic mass is 10.1. The summed E-state index contributed by atoms with van der Waals surface area (Å²) in [4.78, 5) is 16.3. The van der Waals surface area contributed by atoms with Crippen LogP contribution in [0.5, 0.6) is 11.5 Å². The van der Waals surface area contributed by atoms with E-state index in [9.17, 15) is 9.18 Å². The quantitative estimate of drug-likeness (QED) is 0.481. The van der Waals surface area contributed by atoms with Gasteiger partial charge in [0.2, 0.25) is 5.90 Å². The highest BCUT2D eigenvalue weighted by Gasteiger charge is 2.24. The second kappa shape index (κ2) is 8.89. The first kappa shape index (κ1) is 19.9. The van der Waals surface area contributed by atoms with E-state index in [-0.39, 0.29) is 11.6 Å². The zero-order chi connectivity index (χ0) is 20.1. The van der Waals surface area contributed by atoms with Gasteiger partial charge in [-0.2, -0.15) is 0 Å². The fourth-order valence-electron chi connectivity index (χ4n) is 2.59. The van der Waals surface area contributed by atoms with Crippen LogP contribution in [0.15, 0.2) is 47.1 Å².